The van der Waals surface area contributed by atoms with Crippen LogP contribution in [0.15, 0.2) is 24.3 Å². The lowest BCUT2D eigenvalue weighted by Gasteiger charge is -2.30. The topological polar surface area (TPSA) is 41.6 Å². The van der Waals surface area contributed by atoms with E-state index in [2.05, 4.69) is 5.32 Å². The number of hydrogen-bond acceptors (Lipinski definition) is 3. The quantitative estimate of drug-likeness (QED) is 0.822. The van der Waals surface area contributed by atoms with Gasteiger partial charge in [-0.25, -0.2) is 0 Å². The van der Waals surface area contributed by atoms with Crippen molar-refractivity contribution in [1.29, 1.82) is 0 Å². The summed E-state index contributed by atoms with van der Waals surface area (Å²) in [6.45, 7) is 1.57. The van der Waals surface area contributed by atoms with Crippen molar-refractivity contribution in [3.63, 3.8) is 0 Å². The van der Waals surface area contributed by atoms with E-state index in [0.29, 0.717) is 0 Å². The second-order valence-electron chi connectivity index (χ2n) is 3.95. The van der Waals surface area contributed by atoms with Gasteiger partial charge in [-0.2, -0.15) is 0 Å². The minimum Gasteiger partial charge on any atom is -0.497 e. The standard InChI is InChI=1S/C12H16N2O2/c1-14(12(15)9-7-13-8-9)10-4-3-5-11(6-10)16-2/h3-6,9,13H,7-8H2,1-2H3. The molecule has 0 aliphatic carbocycles. The molecule has 0 spiro atoms. The first-order valence-corrected chi connectivity index (χ1v) is 5.34. The number of carbonyl (C=O) groups excluding carboxylic acids is 1. The molecule has 4 nitrogen and oxygen atoms in total. The van der Waals surface area contributed by atoms with Crippen molar-refractivity contribution < 1.29 is 9.53 Å². The first kappa shape index (κ1) is 11.0. The van der Waals surface area contributed by atoms with Crippen LogP contribution in [0.1, 0.15) is 0 Å². The summed E-state index contributed by atoms with van der Waals surface area (Å²) in [6, 6.07) is 7.53. The van der Waals surface area contributed by atoms with Crippen LogP contribution < -0.4 is 15.0 Å². The van der Waals surface area contributed by atoms with Crippen molar-refractivity contribution in [3.8, 4) is 5.75 Å². The number of rotatable bonds is 3. The van der Waals surface area contributed by atoms with Crippen LogP contribution in [0, 0.1) is 5.92 Å². The first-order chi connectivity index (χ1) is 7.72. The molecule has 1 amide bonds. The van der Waals surface area contributed by atoms with Gasteiger partial charge in [0.15, 0.2) is 0 Å². The van der Waals surface area contributed by atoms with Gasteiger partial charge >= 0.3 is 0 Å². The van der Waals surface area contributed by atoms with Crippen LogP contribution in [-0.4, -0.2) is 33.2 Å². The van der Waals surface area contributed by atoms with Crippen LogP contribution in [0.3, 0.4) is 0 Å². The molecule has 16 heavy (non-hydrogen) atoms. The summed E-state index contributed by atoms with van der Waals surface area (Å²) in [4.78, 5) is 13.7. The van der Waals surface area contributed by atoms with Gasteiger partial charge in [0.05, 0.1) is 13.0 Å². The van der Waals surface area contributed by atoms with Crippen molar-refractivity contribution in [2.75, 3.05) is 32.1 Å². The van der Waals surface area contributed by atoms with Crippen molar-refractivity contribution in [3.05, 3.63) is 24.3 Å². The van der Waals surface area contributed by atoms with Crippen LogP contribution in [0.2, 0.25) is 0 Å². The lowest BCUT2D eigenvalue weighted by molar-refractivity contribution is -0.123. The van der Waals surface area contributed by atoms with Crippen molar-refractivity contribution in [2.24, 2.45) is 5.92 Å². The third kappa shape index (κ3) is 2.02. The predicted molar refractivity (Wildman–Crippen MR) is 62.8 cm³/mol. The van der Waals surface area contributed by atoms with Gasteiger partial charge < -0.3 is 15.0 Å². The minimum atomic E-state index is 0.121. The predicted octanol–water partition coefficient (Wildman–Crippen LogP) is 0.877. The Bertz CT molecular complexity index is 388. The Morgan fingerprint density at radius 2 is 2.25 bits per heavy atom. The summed E-state index contributed by atoms with van der Waals surface area (Å²) < 4.78 is 5.14. The van der Waals surface area contributed by atoms with Gasteiger partial charge in [-0.05, 0) is 12.1 Å². The molecule has 1 saturated heterocycles. The number of ether oxygens (including phenoxy) is 1. The van der Waals surface area contributed by atoms with E-state index >= 15 is 0 Å². The molecule has 0 aromatic heterocycles. The molecule has 0 atom stereocenters. The van der Waals surface area contributed by atoms with Gasteiger partial charge in [0, 0.05) is 31.9 Å². The van der Waals surface area contributed by atoms with Crippen LogP contribution >= 0.6 is 0 Å². The Labute approximate surface area is 95.2 Å². The molecule has 4 heteroatoms. The van der Waals surface area contributed by atoms with Crippen LogP contribution in [-0.2, 0) is 4.79 Å². The molecule has 1 N–H and O–H groups in total. The molecule has 0 radical (unpaired) electrons. The number of anilines is 1. The third-order valence-corrected chi connectivity index (χ3v) is 2.90. The molecule has 1 aromatic rings. The molecule has 1 fully saturated rings. The molecule has 1 aliphatic heterocycles. The number of amides is 1. The van der Waals surface area contributed by atoms with Crippen LogP contribution in [0.25, 0.3) is 0 Å². The zero-order valence-corrected chi connectivity index (χ0v) is 9.56. The van der Waals surface area contributed by atoms with E-state index in [1.165, 1.54) is 0 Å². The van der Waals surface area contributed by atoms with E-state index < -0.39 is 0 Å². The third-order valence-electron chi connectivity index (χ3n) is 2.90. The Morgan fingerprint density at radius 3 is 2.81 bits per heavy atom. The number of nitrogens with one attached hydrogen (secondary N) is 1. The van der Waals surface area contributed by atoms with E-state index in [1.807, 2.05) is 24.3 Å². The molecule has 1 aliphatic rings. The van der Waals surface area contributed by atoms with E-state index in [-0.39, 0.29) is 11.8 Å². The van der Waals surface area contributed by atoms with E-state index in [9.17, 15) is 4.79 Å². The smallest absolute Gasteiger partial charge is 0.232 e. The summed E-state index contributed by atoms with van der Waals surface area (Å²) in [6.07, 6.45) is 0. The number of benzene rings is 1. The minimum absolute atomic E-state index is 0.121. The summed E-state index contributed by atoms with van der Waals surface area (Å²) in [5.41, 5.74) is 0.872. The molecule has 2 rings (SSSR count). The second kappa shape index (κ2) is 4.53. The maximum absolute atomic E-state index is 12.0. The van der Waals surface area contributed by atoms with E-state index in [0.717, 1.165) is 24.5 Å². The van der Waals surface area contributed by atoms with Gasteiger partial charge in [0.2, 0.25) is 5.91 Å². The number of carbonyl (C=O) groups is 1. The van der Waals surface area contributed by atoms with Gasteiger partial charge in [0.1, 0.15) is 5.75 Å². The number of hydrogen-bond donors (Lipinski definition) is 1. The maximum atomic E-state index is 12.0. The lowest BCUT2D eigenvalue weighted by atomic mass is 10.0. The summed E-state index contributed by atoms with van der Waals surface area (Å²) in [5.74, 6) is 1.05. The monoisotopic (exact) mass is 220 g/mol. The van der Waals surface area contributed by atoms with Crippen molar-refractivity contribution in [1.82, 2.24) is 5.32 Å². The fourth-order valence-electron chi connectivity index (χ4n) is 1.68. The van der Waals surface area contributed by atoms with E-state index in [1.54, 1.807) is 19.1 Å². The molecular weight excluding hydrogens is 204 g/mol. The fraction of sp³-hybridized carbons (Fsp3) is 0.417. The first-order valence-electron chi connectivity index (χ1n) is 5.34. The molecule has 1 aromatic carbocycles. The zero-order chi connectivity index (χ0) is 11.5. The second-order valence-corrected chi connectivity index (χ2v) is 3.95. The molecule has 86 valence electrons. The highest BCUT2D eigenvalue weighted by atomic mass is 16.5. The zero-order valence-electron chi connectivity index (χ0n) is 9.56. The lowest BCUT2D eigenvalue weighted by Crippen LogP contribution is -2.51. The average molecular weight is 220 g/mol. The Kier molecular flexibility index (Phi) is 3.10. The molecular formula is C12H16N2O2. The summed E-state index contributed by atoms with van der Waals surface area (Å²) >= 11 is 0. The molecule has 0 unspecified atom stereocenters. The number of methoxy groups -OCH3 is 1. The molecule has 0 bridgehead atoms. The summed E-state index contributed by atoms with van der Waals surface area (Å²) in [5, 5.41) is 3.10. The average Bonchev–Trinajstić information content (AvgIpc) is 2.25. The summed E-state index contributed by atoms with van der Waals surface area (Å²) in [7, 11) is 3.42. The van der Waals surface area contributed by atoms with E-state index in [4.69, 9.17) is 4.74 Å². The Hall–Kier alpha value is -1.55. The molecule has 1 heterocycles. The SMILES string of the molecule is COc1cccc(N(C)C(=O)C2CNC2)c1. The number of nitrogens with zero attached hydrogens (tertiary/aromatic N) is 1. The highest BCUT2D eigenvalue weighted by Gasteiger charge is 2.28. The van der Waals surface area contributed by atoms with Gasteiger partial charge in [-0.1, -0.05) is 6.07 Å². The largest absolute Gasteiger partial charge is 0.497 e. The maximum Gasteiger partial charge on any atom is 0.232 e. The normalized spacial score (nSPS) is 15.4. The van der Waals surface area contributed by atoms with Crippen LogP contribution in [0.4, 0.5) is 5.69 Å². The van der Waals surface area contributed by atoms with Gasteiger partial charge in [0.25, 0.3) is 0 Å². The molecule has 0 saturated carbocycles. The van der Waals surface area contributed by atoms with Gasteiger partial charge in [-0.3, -0.25) is 4.79 Å². The van der Waals surface area contributed by atoms with Crippen molar-refractivity contribution in [2.45, 2.75) is 0 Å². The van der Waals surface area contributed by atoms with Crippen LogP contribution in [0.5, 0.6) is 5.75 Å². The fourth-order valence-corrected chi connectivity index (χ4v) is 1.68. The van der Waals surface area contributed by atoms with Gasteiger partial charge in [-0.15, -0.1) is 0 Å². The Morgan fingerprint density at radius 1 is 1.50 bits per heavy atom. The highest BCUT2D eigenvalue weighted by molar-refractivity contribution is 5.95. The van der Waals surface area contributed by atoms with Crippen molar-refractivity contribution >= 4 is 11.6 Å². The highest BCUT2D eigenvalue weighted by Crippen LogP contribution is 2.21. The Balaban J connectivity index is 2.12.